The summed E-state index contributed by atoms with van der Waals surface area (Å²) >= 11 is 0. The van der Waals surface area contributed by atoms with Gasteiger partial charge in [-0.3, -0.25) is 9.59 Å². The van der Waals surface area contributed by atoms with Gasteiger partial charge in [-0.15, -0.1) is 0 Å². The quantitative estimate of drug-likeness (QED) is 0.414. The number of carbonyl (C=O) groups is 2. The van der Waals surface area contributed by atoms with Crippen LogP contribution in [0.1, 0.15) is 31.4 Å². The van der Waals surface area contributed by atoms with Gasteiger partial charge in [-0.1, -0.05) is 18.2 Å². The molecule has 0 aliphatic rings. The van der Waals surface area contributed by atoms with Crippen LogP contribution in [-0.4, -0.2) is 24.1 Å². The van der Waals surface area contributed by atoms with Crippen LogP contribution in [0.15, 0.2) is 53.6 Å². The first-order valence-corrected chi connectivity index (χ1v) is 8.70. The third-order valence-electron chi connectivity index (χ3n) is 3.47. The van der Waals surface area contributed by atoms with Crippen molar-refractivity contribution >= 4 is 23.7 Å². The number of nitrogens with one attached hydrogen (secondary N) is 2. The number of anilines is 1. The fourth-order valence-corrected chi connectivity index (χ4v) is 2.29. The maximum atomic E-state index is 12.7. The molecule has 0 saturated carbocycles. The fourth-order valence-electron chi connectivity index (χ4n) is 2.29. The molecule has 2 rings (SSSR count). The molecule has 2 aromatic carbocycles. The lowest BCUT2D eigenvalue weighted by atomic mass is 10.2. The Morgan fingerprint density at radius 1 is 1.10 bits per heavy atom. The Morgan fingerprint density at radius 3 is 2.52 bits per heavy atom. The first-order chi connectivity index (χ1) is 13.6. The maximum absolute atomic E-state index is 12.7. The third-order valence-corrected chi connectivity index (χ3v) is 3.47. The van der Waals surface area contributed by atoms with Crippen molar-refractivity contribution in [2.45, 2.75) is 32.5 Å². The maximum Gasteiger partial charge on any atom is 0.416 e. The lowest BCUT2D eigenvalue weighted by molar-refractivity contribution is -0.137. The molecule has 0 atom stereocenters. The second kappa shape index (κ2) is 9.72. The van der Waals surface area contributed by atoms with Gasteiger partial charge in [0.05, 0.1) is 17.9 Å². The molecule has 0 aliphatic heterocycles. The van der Waals surface area contributed by atoms with Gasteiger partial charge in [-0.25, -0.2) is 5.43 Å². The average molecular weight is 407 g/mol. The average Bonchev–Trinajstić information content (AvgIpc) is 2.62. The zero-order valence-electron chi connectivity index (χ0n) is 15.8. The van der Waals surface area contributed by atoms with Crippen LogP contribution in [0.25, 0.3) is 0 Å². The number of hydrogen-bond acceptors (Lipinski definition) is 4. The van der Waals surface area contributed by atoms with Gasteiger partial charge in [0, 0.05) is 11.3 Å². The number of benzene rings is 2. The van der Waals surface area contributed by atoms with Crippen molar-refractivity contribution in [1.82, 2.24) is 5.43 Å². The van der Waals surface area contributed by atoms with Gasteiger partial charge < -0.3 is 10.1 Å². The minimum atomic E-state index is -4.53. The number of alkyl halides is 3. The fraction of sp³-hybridized carbons (Fsp3) is 0.250. The highest BCUT2D eigenvalue weighted by Gasteiger charge is 2.30. The number of carbonyl (C=O) groups excluding carboxylic acids is 2. The molecule has 0 bridgehead atoms. The summed E-state index contributed by atoms with van der Waals surface area (Å²) in [7, 11) is 0. The number of hydrogen-bond donors (Lipinski definition) is 2. The molecule has 154 valence electrons. The van der Waals surface area contributed by atoms with Crippen LogP contribution in [0.4, 0.5) is 18.9 Å². The summed E-state index contributed by atoms with van der Waals surface area (Å²) in [6, 6.07) is 11.2. The van der Waals surface area contributed by atoms with E-state index >= 15 is 0 Å². The number of ether oxygens (including phenoxy) is 1. The van der Waals surface area contributed by atoms with E-state index in [1.807, 2.05) is 13.8 Å². The van der Waals surface area contributed by atoms with E-state index in [2.05, 4.69) is 15.8 Å². The molecule has 6 nitrogen and oxygen atoms in total. The van der Waals surface area contributed by atoms with Crippen molar-refractivity contribution in [2.75, 3.05) is 5.32 Å². The molecule has 2 amide bonds. The molecule has 2 N–H and O–H groups in total. The van der Waals surface area contributed by atoms with Crippen molar-refractivity contribution in [2.24, 2.45) is 5.10 Å². The molecule has 0 fully saturated rings. The number of amides is 2. The van der Waals surface area contributed by atoms with Crippen LogP contribution < -0.4 is 15.5 Å². The number of hydrazone groups is 1. The minimum Gasteiger partial charge on any atom is -0.490 e. The lowest BCUT2D eigenvalue weighted by Gasteiger charge is -2.11. The molecule has 0 spiro atoms. The number of para-hydroxylation sites is 1. The van der Waals surface area contributed by atoms with Gasteiger partial charge in [-0.05, 0) is 44.2 Å². The Kier molecular flexibility index (Phi) is 7.35. The molecule has 0 unspecified atom stereocenters. The van der Waals surface area contributed by atoms with Crippen LogP contribution in [0, 0.1) is 0 Å². The van der Waals surface area contributed by atoms with E-state index in [1.54, 1.807) is 24.3 Å². The molecule has 0 radical (unpaired) electrons. The summed E-state index contributed by atoms with van der Waals surface area (Å²) in [5, 5.41) is 6.04. The van der Waals surface area contributed by atoms with Crippen molar-refractivity contribution in [1.29, 1.82) is 0 Å². The summed E-state index contributed by atoms with van der Waals surface area (Å²) in [4.78, 5) is 23.7. The third kappa shape index (κ3) is 7.28. The van der Waals surface area contributed by atoms with Crippen LogP contribution in [-0.2, 0) is 15.8 Å². The normalized spacial score (nSPS) is 11.5. The predicted molar refractivity (Wildman–Crippen MR) is 103 cm³/mol. The first-order valence-electron chi connectivity index (χ1n) is 8.70. The highest BCUT2D eigenvalue weighted by Crippen LogP contribution is 2.30. The van der Waals surface area contributed by atoms with Gasteiger partial charge in [0.2, 0.25) is 11.8 Å². The Labute approximate surface area is 165 Å². The molecule has 0 aliphatic carbocycles. The Morgan fingerprint density at radius 2 is 1.83 bits per heavy atom. The topological polar surface area (TPSA) is 79.8 Å². The molecule has 0 saturated heterocycles. The Hall–Kier alpha value is -3.36. The second-order valence-corrected chi connectivity index (χ2v) is 6.30. The summed E-state index contributed by atoms with van der Waals surface area (Å²) in [5.74, 6) is -0.892. The van der Waals surface area contributed by atoms with Gasteiger partial charge in [0.25, 0.3) is 0 Å². The summed E-state index contributed by atoms with van der Waals surface area (Å²) < 4.78 is 43.7. The van der Waals surface area contributed by atoms with Crippen molar-refractivity contribution in [3.8, 4) is 5.75 Å². The minimum absolute atomic E-state index is 0.0429. The zero-order chi connectivity index (χ0) is 21.4. The molecule has 2 aromatic rings. The highest BCUT2D eigenvalue weighted by atomic mass is 19.4. The van der Waals surface area contributed by atoms with E-state index in [0.29, 0.717) is 11.3 Å². The molecule has 0 heterocycles. The van der Waals surface area contributed by atoms with E-state index in [1.165, 1.54) is 18.3 Å². The molecular weight excluding hydrogens is 387 g/mol. The van der Waals surface area contributed by atoms with Crippen molar-refractivity contribution in [3.05, 3.63) is 59.7 Å². The number of halogens is 3. The smallest absolute Gasteiger partial charge is 0.416 e. The molecular formula is C20H20F3N3O3. The number of rotatable bonds is 7. The van der Waals surface area contributed by atoms with E-state index in [9.17, 15) is 22.8 Å². The predicted octanol–water partition coefficient (Wildman–Crippen LogP) is 3.97. The van der Waals surface area contributed by atoms with Crippen LogP contribution in [0.3, 0.4) is 0 Å². The lowest BCUT2D eigenvalue weighted by Crippen LogP contribution is -2.24. The SMILES string of the molecule is CC(C)Oc1ccccc1C=NNC(=O)CC(=O)Nc1cccc(C(F)(F)F)c1. The van der Waals surface area contributed by atoms with E-state index < -0.39 is 30.0 Å². The van der Waals surface area contributed by atoms with Crippen LogP contribution in [0.2, 0.25) is 0 Å². The summed E-state index contributed by atoms with van der Waals surface area (Å²) in [6.07, 6.45) is -3.79. The summed E-state index contributed by atoms with van der Waals surface area (Å²) in [5.41, 5.74) is 1.88. The van der Waals surface area contributed by atoms with E-state index in [-0.39, 0.29) is 11.8 Å². The van der Waals surface area contributed by atoms with Crippen molar-refractivity contribution in [3.63, 3.8) is 0 Å². The van der Waals surface area contributed by atoms with Crippen molar-refractivity contribution < 1.29 is 27.5 Å². The highest BCUT2D eigenvalue weighted by molar-refractivity contribution is 6.03. The Balaban J connectivity index is 1.90. The molecule has 29 heavy (non-hydrogen) atoms. The van der Waals surface area contributed by atoms with Crippen LogP contribution >= 0.6 is 0 Å². The largest absolute Gasteiger partial charge is 0.490 e. The molecule has 0 aromatic heterocycles. The first kappa shape index (κ1) is 21.9. The zero-order valence-corrected chi connectivity index (χ0v) is 15.8. The van der Waals surface area contributed by atoms with E-state index in [4.69, 9.17) is 4.74 Å². The second-order valence-electron chi connectivity index (χ2n) is 6.30. The number of nitrogens with zero attached hydrogens (tertiary/aromatic N) is 1. The molecule has 9 heteroatoms. The van der Waals surface area contributed by atoms with Crippen LogP contribution in [0.5, 0.6) is 5.75 Å². The standard InChI is InChI=1S/C20H20F3N3O3/c1-13(2)29-17-9-4-3-6-14(17)12-24-26-19(28)11-18(27)25-16-8-5-7-15(10-16)20(21,22)23/h3-10,12-13H,11H2,1-2H3,(H,25,27)(H,26,28). The van der Waals surface area contributed by atoms with Gasteiger partial charge in [0.1, 0.15) is 12.2 Å². The summed E-state index contributed by atoms with van der Waals surface area (Å²) in [6.45, 7) is 3.75. The van der Waals surface area contributed by atoms with E-state index in [0.717, 1.165) is 12.1 Å². The Bertz CT molecular complexity index is 896. The monoisotopic (exact) mass is 407 g/mol. The van der Waals surface area contributed by atoms with Gasteiger partial charge >= 0.3 is 6.18 Å². The van der Waals surface area contributed by atoms with Gasteiger partial charge in [0.15, 0.2) is 0 Å². The van der Waals surface area contributed by atoms with Gasteiger partial charge in [-0.2, -0.15) is 18.3 Å².